The van der Waals surface area contributed by atoms with Crippen LogP contribution >= 0.6 is 0 Å². The average Bonchev–Trinajstić information content (AvgIpc) is 2.62. The van der Waals surface area contributed by atoms with Crippen LogP contribution in [0, 0.1) is 6.92 Å². The van der Waals surface area contributed by atoms with Gasteiger partial charge in [-0.2, -0.15) is 0 Å². The molecule has 1 saturated heterocycles. The summed E-state index contributed by atoms with van der Waals surface area (Å²) in [6.45, 7) is 1.75. The molecular weight excluding hydrogens is 362 g/mol. The molecule has 148 valence electrons. The van der Waals surface area contributed by atoms with Crippen molar-refractivity contribution in [2.75, 3.05) is 6.61 Å². The van der Waals surface area contributed by atoms with E-state index >= 15 is 0 Å². The lowest BCUT2D eigenvalue weighted by atomic mass is 9.95. The lowest BCUT2D eigenvalue weighted by Crippen LogP contribution is -2.70. The molecule has 0 bridgehead atoms. The Labute approximate surface area is 154 Å². The van der Waals surface area contributed by atoms with E-state index in [1.165, 1.54) is 6.07 Å². The predicted octanol–water partition coefficient (Wildman–Crippen LogP) is -1.62. The fraction of sp³-hybridized carbons (Fsp3) is 0.471. The number of aliphatic hydroxyl groups excluding tert-OH is 2. The summed E-state index contributed by atoms with van der Waals surface area (Å²) in [5.74, 6) is -6.25. The zero-order valence-electron chi connectivity index (χ0n) is 14.7. The Hall–Kier alpha value is -2.37. The molecule has 5 N–H and O–H groups in total. The SMILES string of the molecule is CC(=O)C(=O)O[C@]1(O)O[C@H](CO)[C@@H](O)[C@H](OC(=O)c2ccccc2C)[C@H]1N. The minimum Gasteiger partial charge on any atom is -0.454 e. The predicted molar refractivity (Wildman–Crippen MR) is 88.0 cm³/mol. The summed E-state index contributed by atoms with van der Waals surface area (Å²) in [6, 6.07) is 4.71. The van der Waals surface area contributed by atoms with Gasteiger partial charge in [-0.25, -0.2) is 9.59 Å². The van der Waals surface area contributed by atoms with Gasteiger partial charge >= 0.3 is 17.9 Å². The summed E-state index contributed by atoms with van der Waals surface area (Å²) in [7, 11) is 0. The van der Waals surface area contributed by atoms with Crippen molar-refractivity contribution in [1.29, 1.82) is 0 Å². The van der Waals surface area contributed by atoms with Crippen LogP contribution in [0.4, 0.5) is 0 Å². The number of carbonyl (C=O) groups is 3. The molecule has 0 unspecified atom stereocenters. The van der Waals surface area contributed by atoms with Crippen molar-refractivity contribution in [3.63, 3.8) is 0 Å². The second kappa shape index (κ2) is 8.11. The average molecular weight is 383 g/mol. The van der Waals surface area contributed by atoms with Crippen LogP contribution in [0.2, 0.25) is 0 Å². The van der Waals surface area contributed by atoms with E-state index in [-0.39, 0.29) is 5.56 Å². The van der Waals surface area contributed by atoms with Gasteiger partial charge in [-0.15, -0.1) is 0 Å². The van der Waals surface area contributed by atoms with E-state index in [1.807, 2.05) is 0 Å². The molecule has 0 spiro atoms. The molecule has 1 aromatic carbocycles. The number of carbonyl (C=O) groups excluding carboxylic acids is 3. The van der Waals surface area contributed by atoms with E-state index in [9.17, 15) is 29.7 Å². The standard InChI is InChI=1S/C17H21NO9/c1-8-5-3-4-6-10(8)16(23)25-13-12(21)11(7-19)26-17(24,14(13)18)27-15(22)9(2)20/h3-6,11-14,19,21,24H,7,18H2,1-2H3/t11-,12-,13+,14-,17-/m1/s1. The number of rotatable bonds is 5. The molecule has 0 saturated carbocycles. The van der Waals surface area contributed by atoms with Gasteiger partial charge < -0.3 is 35.3 Å². The van der Waals surface area contributed by atoms with Crippen molar-refractivity contribution in [2.45, 2.75) is 44.2 Å². The summed E-state index contributed by atoms with van der Waals surface area (Å²) < 4.78 is 14.7. The van der Waals surface area contributed by atoms with E-state index in [1.54, 1.807) is 25.1 Å². The molecule has 10 heteroatoms. The van der Waals surface area contributed by atoms with Crippen molar-refractivity contribution in [2.24, 2.45) is 5.73 Å². The normalized spacial score (nSPS) is 30.4. The molecule has 0 amide bonds. The van der Waals surface area contributed by atoms with Crippen LogP contribution < -0.4 is 5.73 Å². The van der Waals surface area contributed by atoms with Crippen LogP contribution in [-0.4, -0.2) is 70.0 Å². The smallest absolute Gasteiger partial charge is 0.378 e. The Bertz CT molecular complexity index is 737. The maximum absolute atomic E-state index is 12.4. The second-order valence-electron chi connectivity index (χ2n) is 6.12. The number of hydrogen-bond donors (Lipinski definition) is 4. The highest BCUT2D eigenvalue weighted by Crippen LogP contribution is 2.30. The minimum atomic E-state index is -2.90. The molecule has 1 aromatic rings. The maximum Gasteiger partial charge on any atom is 0.378 e. The van der Waals surface area contributed by atoms with Gasteiger partial charge in [0.25, 0.3) is 0 Å². The molecule has 1 fully saturated rings. The van der Waals surface area contributed by atoms with Crippen molar-refractivity contribution < 1.29 is 43.9 Å². The molecule has 1 heterocycles. The van der Waals surface area contributed by atoms with Gasteiger partial charge in [-0.1, -0.05) is 18.2 Å². The second-order valence-corrected chi connectivity index (χ2v) is 6.12. The zero-order chi connectivity index (χ0) is 20.4. The number of aliphatic hydroxyl groups is 3. The van der Waals surface area contributed by atoms with Crippen molar-refractivity contribution in [3.8, 4) is 0 Å². The van der Waals surface area contributed by atoms with Crippen LogP contribution in [-0.2, 0) is 23.8 Å². The quantitative estimate of drug-likeness (QED) is 0.264. The van der Waals surface area contributed by atoms with E-state index in [2.05, 4.69) is 4.74 Å². The van der Waals surface area contributed by atoms with Crippen molar-refractivity contribution in [3.05, 3.63) is 35.4 Å². The van der Waals surface area contributed by atoms with Gasteiger partial charge in [-0.3, -0.25) is 4.79 Å². The summed E-state index contributed by atoms with van der Waals surface area (Å²) in [5.41, 5.74) is 6.58. The minimum absolute atomic E-state index is 0.188. The Kier molecular flexibility index (Phi) is 6.29. The van der Waals surface area contributed by atoms with Crippen molar-refractivity contribution in [1.82, 2.24) is 0 Å². The number of ketones is 1. The number of hydrogen-bond acceptors (Lipinski definition) is 10. The Morgan fingerprint density at radius 3 is 2.48 bits per heavy atom. The summed E-state index contributed by atoms with van der Waals surface area (Å²) >= 11 is 0. The molecule has 27 heavy (non-hydrogen) atoms. The lowest BCUT2D eigenvalue weighted by Gasteiger charge is -2.45. The first-order chi connectivity index (χ1) is 12.6. The van der Waals surface area contributed by atoms with Crippen LogP contribution in [0.5, 0.6) is 0 Å². The number of aryl methyl sites for hydroxylation is 1. The number of Topliss-reactive ketones (excluding diaryl/α,β-unsaturated/α-hetero) is 1. The number of nitrogens with two attached hydrogens (primary N) is 1. The van der Waals surface area contributed by atoms with E-state index in [0.29, 0.717) is 5.56 Å². The molecule has 1 aliphatic heterocycles. The Morgan fingerprint density at radius 2 is 1.93 bits per heavy atom. The van der Waals surface area contributed by atoms with Gasteiger partial charge in [0.2, 0.25) is 5.78 Å². The lowest BCUT2D eigenvalue weighted by molar-refractivity contribution is -0.405. The molecule has 5 atom stereocenters. The fourth-order valence-corrected chi connectivity index (χ4v) is 2.57. The highest BCUT2D eigenvalue weighted by atomic mass is 16.8. The maximum atomic E-state index is 12.4. The third-order valence-electron chi connectivity index (χ3n) is 4.13. The van der Waals surface area contributed by atoms with Gasteiger partial charge in [0, 0.05) is 6.92 Å². The first kappa shape index (κ1) is 20.9. The van der Waals surface area contributed by atoms with E-state index in [0.717, 1.165) is 6.92 Å². The van der Waals surface area contributed by atoms with Crippen molar-refractivity contribution >= 4 is 17.7 Å². The highest BCUT2D eigenvalue weighted by Gasteiger charge is 2.57. The summed E-state index contributed by atoms with van der Waals surface area (Å²) in [5, 5.41) is 30.1. The Balaban J connectivity index is 2.29. The van der Waals surface area contributed by atoms with Crippen LogP contribution in [0.3, 0.4) is 0 Å². The molecule has 10 nitrogen and oxygen atoms in total. The summed E-state index contributed by atoms with van der Waals surface area (Å²) in [6.07, 6.45) is -4.73. The Morgan fingerprint density at radius 1 is 1.30 bits per heavy atom. The van der Waals surface area contributed by atoms with Gasteiger partial charge in [0.1, 0.15) is 18.2 Å². The van der Waals surface area contributed by atoms with Gasteiger partial charge in [-0.05, 0) is 18.6 Å². The molecule has 1 aliphatic rings. The molecule has 2 rings (SSSR count). The van der Waals surface area contributed by atoms with Gasteiger partial charge in [0.15, 0.2) is 6.10 Å². The van der Waals surface area contributed by atoms with Crippen LogP contribution in [0.25, 0.3) is 0 Å². The van der Waals surface area contributed by atoms with Gasteiger partial charge in [0.05, 0.1) is 12.2 Å². The van der Waals surface area contributed by atoms with E-state index < -0.39 is 54.7 Å². The topological polar surface area (TPSA) is 166 Å². The first-order valence-electron chi connectivity index (χ1n) is 8.06. The first-order valence-corrected chi connectivity index (χ1v) is 8.06. The third-order valence-corrected chi connectivity index (χ3v) is 4.13. The monoisotopic (exact) mass is 383 g/mol. The number of benzene rings is 1. The molecule has 0 aliphatic carbocycles. The highest BCUT2D eigenvalue weighted by molar-refractivity contribution is 6.32. The van der Waals surface area contributed by atoms with Crippen LogP contribution in [0.15, 0.2) is 24.3 Å². The summed E-state index contributed by atoms with van der Waals surface area (Å²) in [4.78, 5) is 35.1. The fourth-order valence-electron chi connectivity index (χ4n) is 2.57. The number of ether oxygens (including phenoxy) is 3. The molecule has 0 aromatic heterocycles. The third kappa shape index (κ3) is 4.31. The molecular formula is C17H21NO9. The zero-order valence-corrected chi connectivity index (χ0v) is 14.7. The van der Waals surface area contributed by atoms with E-state index in [4.69, 9.17) is 15.2 Å². The number of esters is 2. The largest absolute Gasteiger partial charge is 0.454 e. The molecule has 0 radical (unpaired) electrons. The van der Waals surface area contributed by atoms with Crippen LogP contribution in [0.1, 0.15) is 22.8 Å².